The van der Waals surface area contributed by atoms with Crippen LogP contribution in [0, 0.1) is 11.3 Å². The normalized spacial score (nSPS) is 11.8. The second-order valence-electron chi connectivity index (χ2n) is 4.55. The van der Waals surface area contributed by atoms with Crippen molar-refractivity contribution in [1.82, 2.24) is 9.55 Å². The summed E-state index contributed by atoms with van der Waals surface area (Å²) in [6.45, 7) is 2.93. The first kappa shape index (κ1) is 13.0. The van der Waals surface area contributed by atoms with Crippen molar-refractivity contribution in [2.75, 3.05) is 11.1 Å². The molecular formula is C14H17N5. The van der Waals surface area contributed by atoms with Crippen LogP contribution in [0.3, 0.4) is 0 Å². The van der Waals surface area contributed by atoms with Crippen molar-refractivity contribution >= 4 is 11.4 Å². The van der Waals surface area contributed by atoms with E-state index in [0.717, 1.165) is 17.8 Å². The molecular weight excluding hydrogens is 238 g/mol. The number of benzene rings is 1. The van der Waals surface area contributed by atoms with Crippen molar-refractivity contribution in [1.29, 1.82) is 5.26 Å². The number of imidazole rings is 1. The summed E-state index contributed by atoms with van der Waals surface area (Å²) >= 11 is 0. The van der Waals surface area contributed by atoms with Gasteiger partial charge in [-0.2, -0.15) is 5.26 Å². The molecule has 1 unspecified atom stereocenters. The zero-order valence-corrected chi connectivity index (χ0v) is 10.9. The lowest BCUT2D eigenvalue weighted by atomic mass is 10.1. The largest absolute Gasteiger partial charge is 0.398 e. The molecule has 0 aliphatic carbocycles. The summed E-state index contributed by atoms with van der Waals surface area (Å²) in [5.41, 5.74) is 8.33. The lowest BCUT2D eigenvalue weighted by molar-refractivity contribution is 0.619. The average Bonchev–Trinajstić information content (AvgIpc) is 2.86. The predicted molar refractivity (Wildman–Crippen MR) is 75.5 cm³/mol. The van der Waals surface area contributed by atoms with E-state index in [1.807, 2.05) is 29.0 Å². The Morgan fingerprint density at radius 1 is 1.53 bits per heavy atom. The lowest BCUT2D eigenvalue weighted by Gasteiger charge is -2.16. The molecule has 19 heavy (non-hydrogen) atoms. The highest BCUT2D eigenvalue weighted by atomic mass is 15.1. The number of nitriles is 1. The molecule has 5 heteroatoms. The van der Waals surface area contributed by atoms with Crippen molar-refractivity contribution in [3.05, 3.63) is 42.5 Å². The highest BCUT2D eigenvalue weighted by Gasteiger charge is 2.05. The van der Waals surface area contributed by atoms with E-state index in [2.05, 4.69) is 23.3 Å². The second kappa shape index (κ2) is 5.91. The number of hydrogen-bond acceptors (Lipinski definition) is 4. The number of hydrogen-bond donors (Lipinski definition) is 2. The van der Waals surface area contributed by atoms with E-state index in [1.54, 1.807) is 12.5 Å². The molecule has 0 aliphatic rings. The van der Waals surface area contributed by atoms with E-state index in [1.165, 1.54) is 0 Å². The van der Waals surface area contributed by atoms with Crippen LogP contribution < -0.4 is 11.1 Å². The maximum Gasteiger partial charge on any atom is 0.0946 e. The average molecular weight is 255 g/mol. The molecule has 3 N–H and O–H groups in total. The summed E-state index contributed by atoms with van der Waals surface area (Å²) in [5, 5.41) is 12.1. The summed E-state index contributed by atoms with van der Waals surface area (Å²) in [7, 11) is 0. The van der Waals surface area contributed by atoms with E-state index in [-0.39, 0.29) is 6.04 Å². The molecule has 1 heterocycles. The smallest absolute Gasteiger partial charge is 0.0946 e. The fourth-order valence-corrected chi connectivity index (χ4v) is 1.97. The zero-order valence-electron chi connectivity index (χ0n) is 10.9. The van der Waals surface area contributed by atoms with Crippen molar-refractivity contribution in [2.24, 2.45) is 0 Å². The first-order valence-corrected chi connectivity index (χ1v) is 6.16. The number of nitrogens with two attached hydrogens (primary N) is 1. The molecule has 1 aromatic heterocycles. The molecule has 1 atom stereocenters. The third kappa shape index (κ3) is 3.49. The van der Waals surface area contributed by atoms with Gasteiger partial charge >= 0.3 is 0 Å². The number of rotatable bonds is 5. The summed E-state index contributed by atoms with van der Waals surface area (Å²) in [6, 6.07) is 8.08. The highest BCUT2D eigenvalue weighted by Crippen LogP contribution is 2.19. The number of nitrogens with one attached hydrogen (secondary N) is 1. The SMILES string of the molecule is CC(Cn1ccnc1)Nc1ccc(N)c(CC#N)c1. The van der Waals surface area contributed by atoms with Gasteiger partial charge in [0, 0.05) is 36.4 Å². The van der Waals surface area contributed by atoms with Gasteiger partial charge in [0.05, 0.1) is 18.8 Å². The Kier molecular flexibility index (Phi) is 4.04. The molecule has 0 bridgehead atoms. The molecule has 0 radical (unpaired) electrons. The fourth-order valence-electron chi connectivity index (χ4n) is 1.97. The van der Waals surface area contributed by atoms with Gasteiger partial charge in [-0.05, 0) is 30.7 Å². The Labute approximate surface area is 112 Å². The summed E-state index contributed by atoms with van der Waals surface area (Å²) < 4.78 is 2.02. The van der Waals surface area contributed by atoms with Gasteiger partial charge in [0.1, 0.15) is 0 Å². The van der Waals surface area contributed by atoms with Crippen LogP contribution in [0.15, 0.2) is 36.9 Å². The van der Waals surface area contributed by atoms with Crippen LogP contribution in [-0.2, 0) is 13.0 Å². The van der Waals surface area contributed by atoms with Crippen LogP contribution in [0.4, 0.5) is 11.4 Å². The van der Waals surface area contributed by atoms with Crippen LogP contribution in [-0.4, -0.2) is 15.6 Å². The minimum atomic E-state index is 0.257. The summed E-state index contributed by atoms with van der Waals surface area (Å²) in [4.78, 5) is 4.01. The molecule has 0 aliphatic heterocycles. The van der Waals surface area contributed by atoms with Gasteiger partial charge in [-0.25, -0.2) is 4.98 Å². The van der Waals surface area contributed by atoms with Gasteiger partial charge < -0.3 is 15.6 Å². The van der Waals surface area contributed by atoms with Crippen molar-refractivity contribution in [3.8, 4) is 6.07 Å². The third-order valence-corrected chi connectivity index (χ3v) is 2.87. The second-order valence-corrected chi connectivity index (χ2v) is 4.55. The minimum Gasteiger partial charge on any atom is -0.398 e. The van der Waals surface area contributed by atoms with Crippen molar-refractivity contribution in [2.45, 2.75) is 25.9 Å². The quantitative estimate of drug-likeness (QED) is 0.801. The van der Waals surface area contributed by atoms with Crippen LogP contribution in [0.1, 0.15) is 12.5 Å². The minimum absolute atomic E-state index is 0.257. The Bertz CT molecular complexity index is 568. The summed E-state index contributed by atoms with van der Waals surface area (Å²) in [6.07, 6.45) is 5.82. The van der Waals surface area contributed by atoms with E-state index in [9.17, 15) is 0 Å². The molecule has 2 rings (SSSR count). The van der Waals surface area contributed by atoms with Crippen LogP contribution in [0.25, 0.3) is 0 Å². The number of nitrogens with zero attached hydrogens (tertiary/aromatic N) is 3. The molecule has 98 valence electrons. The maximum absolute atomic E-state index is 8.75. The van der Waals surface area contributed by atoms with Crippen molar-refractivity contribution < 1.29 is 0 Å². The number of anilines is 2. The van der Waals surface area contributed by atoms with E-state index >= 15 is 0 Å². The van der Waals surface area contributed by atoms with E-state index < -0.39 is 0 Å². The highest BCUT2D eigenvalue weighted by molar-refractivity contribution is 5.58. The monoisotopic (exact) mass is 255 g/mol. The van der Waals surface area contributed by atoms with Crippen LogP contribution in [0.2, 0.25) is 0 Å². The predicted octanol–water partition coefficient (Wildman–Crippen LogP) is 2.03. The molecule has 0 saturated heterocycles. The van der Waals surface area contributed by atoms with Crippen LogP contribution >= 0.6 is 0 Å². The Morgan fingerprint density at radius 2 is 2.37 bits per heavy atom. The molecule has 0 spiro atoms. The molecule has 0 amide bonds. The van der Waals surface area contributed by atoms with Gasteiger partial charge in [0.15, 0.2) is 0 Å². The van der Waals surface area contributed by atoms with Crippen molar-refractivity contribution in [3.63, 3.8) is 0 Å². The molecule has 0 fully saturated rings. The number of nitrogen functional groups attached to an aromatic ring is 1. The van der Waals surface area contributed by atoms with E-state index in [4.69, 9.17) is 11.0 Å². The number of aromatic nitrogens is 2. The first-order chi connectivity index (χ1) is 9.19. The van der Waals surface area contributed by atoms with Crippen LogP contribution in [0.5, 0.6) is 0 Å². The standard InChI is InChI=1S/C14H17N5/c1-11(9-19-7-6-17-10-19)18-13-2-3-14(16)12(8-13)4-5-15/h2-3,6-8,10-11,18H,4,9,16H2,1H3. The van der Waals surface area contributed by atoms with Gasteiger partial charge in [0.25, 0.3) is 0 Å². The molecule has 0 saturated carbocycles. The molecule has 1 aromatic carbocycles. The van der Waals surface area contributed by atoms with Gasteiger partial charge in [0.2, 0.25) is 0 Å². The van der Waals surface area contributed by atoms with Gasteiger partial charge in [-0.3, -0.25) is 0 Å². The molecule has 5 nitrogen and oxygen atoms in total. The Hall–Kier alpha value is -2.48. The molecule has 2 aromatic rings. The Morgan fingerprint density at radius 3 is 3.05 bits per heavy atom. The van der Waals surface area contributed by atoms with E-state index in [0.29, 0.717) is 12.1 Å². The first-order valence-electron chi connectivity index (χ1n) is 6.16. The third-order valence-electron chi connectivity index (χ3n) is 2.87. The fraction of sp³-hybridized carbons (Fsp3) is 0.286. The Balaban J connectivity index is 2.02. The maximum atomic E-state index is 8.75. The van der Waals surface area contributed by atoms with Gasteiger partial charge in [-0.15, -0.1) is 0 Å². The topological polar surface area (TPSA) is 79.7 Å². The lowest BCUT2D eigenvalue weighted by Crippen LogP contribution is -2.21. The van der Waals surface area contributed by atoms with Gasteiger partial charge in [-0.1, -0.05) is 0 Å². The zero-order chi connectivity index (χ0) is 13.7. The summed E-state index contributed by atoms with van der Waals surface area (Å²) in [5.74, 6) is 0.